The molecular formula is C21H15FeO6-. The van der Waals surface area contributed by atoms with Gasteiger partial charge in [-0.15, -0.1) is 0 Å². The van der Waals surface area contributed by atoms with Gasteiger partial charge in [-0.05, 0) is 16.7 Å². The molecule has 0 N–H and O–H groups in total. The molecule has 144 valence electrons. The Hall–Kier alpha value is -3.41. The molecule has 0 atom stereocenters. The molecule has 0 aliphatic rings. The van der Waals surface area contributed by atoms with Gasteiger partial charge in [0.05, 0.1) is 17.9 Å². The summed E-state index contributed by atoms with van der Waals surface area (Å²) in [7, 11) is 0. The van der Waals surface area contributed by atoms with Crippen LogP contribution >= 0.6 is 0 Å². The summed E-state index contributed by atoms with van der Waals surface area (Å²) >= 11 is 0. The van der Waals surface area contributed by atoms with E-state index in [0.717, 1.165) is 0 Å². The van der Waals surface area contributed by atoms with Crippen LogP contribution in [0.1, 0.15) is 31.1 Å². The predicted octanol–water partition coefficient (Wildman–Crippen LogP) is 0.148. The van der Waals surface area contributed by atoms with E-state index in [2.05, 4.69) is 0 Å². The van der Waals surface area contributed by atoms with Crippen molar-refractivity contribution in [3.8, 4) is 0 Å². The van der Waals surface area contributed by atoms with Crippen LogP contribution in [0.5, 0.6) is 0 Å². The fourth-order valence-corrected chi connectivity index (χ4v) is 1.72. The number of hydrogen-bond acceptors (Lipinski definition) is 6. The fraction of sp³-hybridized carbons (Fsp3) is 0. The second-order valence-corrected chi connectivity index (χ2v) is 4.96. The normalized spacial score (nSPS) is 8.57. The summed E-state index contributed by atoms with van der Waals surface area (Å²) in [6.45, 7) is 0. The summed E-state index contributed by atoms with van der Waals surface area (Å²) in [5.41, 5.74) is 0.660. The Kier molecular flexibility index (Phi) is 12.1. The van der Waals surface area contributed by atoms with Crippen LogP contribution in [0.2, 0.25) is 0 Å². The molecule has 3 aromatic rings. The van der Waals surface area contributed by atoms with Crippen LogP contribution in [-0.2, 0) is 17.1 Å². The van der Waals surface area contributed by atoms with Crippen molar-refractivity contribution in [2.75, 3.05) is 0 Å². The molecule has 3 aromatic carbocycles. The maximum absolute atomic E-state index is 10.1. The molecule has 0 aromatic heterocycles. The minimum Gasteiger partial charge on any atom is -0.545 e. The average Bonchev–Trinajstić information content (AvgIpc) is 2.71. The van der Waals surface area contributed by atoms with Crippen molar-refractivity contribution >= 4 is 17.9 Å². The van der Waals surface area contributed by atoms with Crippen LogP contribution in [0.25, 0.3) is 0 Å². The van der Waals surface area contributed by atoms with Gasteiger partial charge in [-0.2, -0.15) is 0 Å². The van der Waals surface area contributed by atoms with Crippen LogP contribution in [0.4, 0.5) is 0 Å². The van der Waals surface area contributed by atoms with Crippen molar-refractivity contribution in [1.29, 1.82) is 0 Å². The molecule has 7 heteroatoms. The number of rotatable bonds is 3. The van der Waals surface area contributed by atoms with E-state index in [1.807, 2.05) is 0 Å². The van der Waals surface area contributed by atoms with Gasteiger partial charge in [0.15, 0.2) is 0 Å². The van der Waals surface area contributed by atoms with Gasteiger partial charge in [-0.25, -0.2) is 0 Å². The van der Waals surface area contributed by atoms with Crippen LogP contribution < -0.4 is 15.3 Å². The molecule has 0 bridgehead atoms. The van der Waals surface area contributed by atoms with Crippen molar-refractivity contribution in [2.24, 2.45) is 0 Å². The molecule has 0 radical (unpaired) electrons. The monoisotopic (exact) mass is 419 g/mol. The summed E-state index contributed by atoms with van der Waals surface area (Å²) < 4.78 is 0. The van der Waals surface area contributed by atoms with Crippen LogP contribution in [0.15, 0.2) is 91.0 Å². The fourth-order valence-electron chi connectivity index (χ4n) is 1.72. The van der Waals surface area contributed by atoms with Gasteiger partial charge in [-0.1, -0.05) is 91.0 Å². The number of carboxylic acid groups (broad SMARTS) is 3. The molecule has 0 heterocycles. The van der Waals surface area contributed by atoms with Gasteiger partial charge in [0.2, 0.25) is 0 Å². The minimum atomic E-state index is -1.13. The van der Waals surface area contributed by atoms with E-state index in [4.69, 9.17) is 0 Å². The Balaban J connectivity index is 0.000000384. The number of benzene rings is 3. The first-order valence-electron chi connectivity index (χ1n) is 7.71. The third kappa shape index (κ3) is 9.91. The number of carbonyl (C=O) groups excluding carboxylic acids is 3. The predicted molar refractivity (Wildman–Crippen MR) is 92.3 cm³/mol. The Morgan fingerprint density at radius 3 is 0.714 bits per heavy atom. The first kappa shape index (κ1) is 24.6. The molecule has 0 aliphatic carbocycles. The quantitative estimate of drug-likeness (QED) is 0.558. The standard InChI is InChI=1S/3C7H6O2.Fe/c3*8-7(9)6-4-2-1-3-5-6;/h3*1-5H,(H,8,9);/q;;;+2/p-3. The Bertz CT molecular complexity index is 734. The number of aromatic carboxylic acids is 3. The largest absolute Gasteiger partial charge is 2.00 e. The Labute approximate surface area is 172 Å². The molecule has 0 aliphatic heterocycles. The van der Waals surface area contributed by atoms with Crippen molar-refractivity contribution in [1.82, 2.24) is 0 Å². The summed E-state index contributed by atoms with van der Waals surface area (Å²) in [4.78, 5) is 30.3. The van der Waals surface area contributed by atoms with E-state index in [-0.39, 0.29) is 33.8 Å². The maximum Gasteiger partial charge on any atom is 2.00 e. The van der Waals surface area contributed by atoms with Crippen molar-refractivity contribution < 1.29 is 46.8 Å². The van der Waals surface area contributed by atoms with Crippen LogP contribution in [0.3, 0.4) is 0 Å². The first-order valence-corrected chi connectivity index (χ1v) is 7.71. The van der Waals surface area contributed by atoms with Gasteiger partial charge >= 0.3 is 17.1 Å². The van der Waals surface area contributed by atoms with Crippen molar-refractivity contribution in [2.45, 2.75) is 0 Å². The molecule has 0 spiro atoms. The Morgan fingerprint density at radius 2 is 0.607 bits per heavy atom. The first-order chi connectivity index (χ1) is 12.9. The summed E-state index contributed by atoms with van der Waals surface area (Å²) in [5.74, 6) is -3.39. The van der Waals surface area contributed by atoms with E-state index in [1.54, 1.807) is 54.6 Å². The van der Waals surface area contributed by atoms with E-state index in [9.17, 15) is 29.7 Å². The van der Waals surface area contributed by atoms with Crippen molar-refractivity contribution in [3.05, 3.63) is 108 Å². The zero-order valence-corrected chi connectivity index (χ0v) is 15.6. The number of carboxylic acids is 3. The SMILES string of the molecule is O=C([O-])c1ccccc1.O=C([O-])c1ccccc1.O=C([O-])c1ccccc1.[Fe+2]. The molecule has 0 amide bonds. The topological polar surface area (TPSA) is 120 Å². The van der Waals surface area contributed by atoms with E-state index >= 15 is 0 Å². The summed E-state index contributed by atoms with van der Waals surface area (Å²) in [6, 6.07) is 24.2. The summed E-state index contributed by atoms with van der Waals surface area (Å²) in [6.07, 6.45) is 0. The van der Waals surface area contributed by atoms with Gasteiger partial charge in [0, 0.05) is 0 Å². The van der Waals surface area contributed by atoms with Gasteiger partial charge < -0.3 is 29.7 Å². The molecule has 0 unspecified atom stereocenters. The van der Waals surface area contributed by atoms with E-state index in [1.165, 1.54) is 36.4 Å². The smallest absolute Gasteiger partial charge is 0.545 e. The zero-order valence-electron chi connectivity index (χ0n) is 14.5. The third-order valence-corrected chi connectivity index (χ3v) is 3.03. The number of carbonyl (C=O) groups is 3. The second-order valence-electron chi connectivity index (χ2n) is 4.96. The van der Waals surface area contributed by atoms with Crippen LogP contribution in [0, 0.1) is 0 Å². The van der Waals surface area contributed by atoms with Crippen molar-refractivity contribution in [3.63, 3.8) is 0 Å². The average molecular weight is 419 g/mol. The molecule has 28 heavy (non-hydrogen) atoms. The summed E-state index contributed by atoms with van der Waals surface area (Å²) in [5, 5.41) is 30.3. The maximum atomic E-state index is 10.1. The molecule has 0 fully saturated rings. The molecular weight excluding hydrogens is 404 g/mol. The zero-order chi connectivity index (χ0) is 20.1. The van der Waals surface area contributed by atoms with Gasteiger partial charge in [0.1, 0.15) is 0 Å². The van der Waals surface area contributed by atoms with E-state index < -0.39 is 17.9 Å². The molecule has 3 rings (SSSR count). The second kappa shape index (κ2) is 13.7. The van der Waals surface area contributed by atoms with Crippen LogP contribution in [-0.4, -0.2) is 17.9 Å². The molecule has 0 saturated carbocycles. The molecule has 0 saturated heterocycles. The third-order valence-electron chi connectivity index (χ3n) is 3.03. The molecule has 6 nitrogen and oxygen atoms in total. The minimum absolute atomic E-state index is 0. The van der Waals surface area contributed by atoms with Gasteiger partial charge in [0.25, 0.3) is 0 Å². The van der Waals surface area contributed by atoms with Gasteiger partial charge in [-0.3, -0.25) is 0 Å². The number of hydrogen-bond donors (Lipinski definition) is 0. The Morgan fingerprint density at radius 1 is 0.429 bits per heavy atom. The van der Waals surface area contributed by atoms with E-state index in [0.29, 0.717) is 0 Å².